The van der Waals surface area contributed by atoms with Gasteiger partial charge in [0.2, 0.25) is 0 Å². The van der Waals surface area contributed by atoms with E-state index in [1.54, 1.807) is 25.6 Å². The monoisotopic (exact) mass is 204 g/mol. The Labute approximate surface area is 87.1 Å². The van der Waals surface area contributed by atoms with Crippen molar-refractivity contribution in [1.82, 2.24) is 26.1 Å². The van der Waals surface area contributed by atoms with Crippen LogP contribution < -0.4 is 16.4 Å². The van der Waals surface area contributed by atoms with Gasteiger partial charge in [0.15, 0.2) is 0 Å². The van der Waals surface area contributed by atoms with Gasteiger partial charge in [-0.05, 0) is 17.7 Å². The summed E-state index contributed by atoms with van der Waals surface area (Å²) >= 11 is 0. The van der Waals surface area contributed by atoms with Crippen LogP contribution in [0.3, 0.4) is 0 Å². The first kappa shape index (κ1) is 9.63. The molecule has 0 radical (unpaired) electrons. The highest BCUT2D eigenvalue weighted by Crippen LogP contribution is 2.23. The molecule has 6 heteroatoms. The minimum Gasteiger partial charge on any atom is -0.292 e. The number of hydrazine groups is 2. The smallest absolute Gasteiger partial charge is 0.144 e. The van der Waals surface area contributed by atoms with Crippen LogP contribution in [0.25, 0.3) is 11.1 Å². The number of nitrogens with one attached hydrogen (secondary N) is 4. The number of hydrogen-bond donors (Lipinski definition) is 4. The average molecular weight is 204 g/mol. The van der Waals surface area contributed by atoms with Gasteiger partial charge in [0.1, 0.15) is 5.82 Å². The molecular weight excluding hydrogens is 192 g/mol. The van der Waals surface area contributed by atoms with Crippen LogP contribution in [0.2, 0.25) is 0 Å². The van der Waals surface area contributed by atoms with Crippen molar-refractivity contribution in [2.24, 2.45) is 0 Å². The van der Waals surface area contributed by atoms with Crippen molar-refractivity contribution in [1.29, 1.82) is 0 Å². The number of aromatic nitrogens is 3. The molecule has 2 aromatic heterocycles. The second-order valence-electron chi connectivity index (χ2n) is 2.89. The molecule has 0 fully saturated rings. The molecule has 0 amide bonds. The summed E-state index contributed by atoms with van der Waals surface area (Å²) in [5, 5.41) is 6.83. The van der Waals surface area contributed by atoms with E-state index in [0.29, 0.717) is 0 Å². The number of nitrogens with zero attached hydrogens (tertiary/aromatic N) is 2. The molecule has 6 nitrogen and oxygen atoms in total. The summed E-state index contributed by atoms with van der Waals surface area (Å²) in [4.78, 5) is 3.97. The fraction of sp³-hybridized carbons (Fsp3) is 0.111. The molecule has 0 atom stereocenters. The van der Waals surface area contributed by atoms with E-state index in [2.05, 4.69) is 31.6 Å². The molecule has 0 bridgehead atoms. The normalized spacial score (nSPS) is 10.2. The van der Waals surface area contributed by atoms with E-state index in [-0.39, 0.29) is 0 Å². The maximum absolute atomic E-state index is 3.98. The van der Waals surface area contributed by atoms with E-state index in [4.69, 9.17) is 0 Å². The van der Waals surface area contributed by atoms with Crippen molar-refractivity contribution in [3.63, 3.8) is 0 Å². The van der Waals surface area contributed by atoms with E-state index in [1.165, 1.54) is 0 Å². The first-order valence-corrected chi connectivity index (χ1v) is 4.53. The molecule has 0 aromatic carbocycles. The summed E-state index contributed by atoms with van der Waals surface area (Å²) in [6.07, 6.45) is 5.25. The average Bonchev–Trinajstić information content (AvgIpc) is 2.75. The van der Waals surface area contributed by atoms with Gasteiger partial charge in [-0.25, -0.2) is 5.43 Å². The number of aromatic amines is 1. The van der Waals surface area contributed by atoms with Crippen LogP contribution in [0.4, 0.5) is 5.82 Å². The molecule has 0 aliphatic rings. The third-order valence-electron chi connectivity index (χ3n) is 1.94. The summed E-state index contributed by atoms with van der Waals surface area (Å²) in [6, 6.07) is 3.85. The van der Waals surface area contributed by atoms with Crippen LogP contribution in [0.15, 0.2) is 30.7 Å². The lowest BCUT2D eigenvalue weighted by Crippen LogP contribution is -2.33. The molecule has 15 heavy (non-hydrogen) atoms. The molecular formula is C9H12N6. The van der Waals surface area contributed by atoms with Crippen molar-refractivity contribution < 1.29 is 0 Å². The molecule has 78 valence electrons. The van der Waals surface area contributed by atoms with Gasteiger partial charge in [0.05, 0.1) is 6.20 Å². The summed E-state index contributed by atoms with van der Waals surface area (Å²) < 4.78 is 0. The van der Waals surface area contributed by atoms with E-state index in [9.17, 15) is 0 Å². The predicted molar refractivity (Wildman–Crippen MR) is 57.6 cm³/mol. The quantitative estimate of drug-likeness (QED) is 0.546. The highest BCUT2D eigenvalue weighted by atomic mass is 15.6. The number of hydrogen-bond acceptors (Lipinski definition) is 5. The van der Waals surface area contributed by atoms with Gasteiger partial charge in [-0.3, -0.25) is 15.5 Å². The Morgan fingerprint density at radius 3 is 2.80 bits per heavy atom. The standard InChI is InChI=1S/C9H12N6/c1-10-15-14-9-8(6-12-13-9)7-2-4-11-5-3-7/h2-6,10,15H,1H3,(H2,12,13,14). The molecule has 2 rings (SSSR count). The predicted octanol–water partition coefficient (Wildman–Crippen LogP) is 0.523. The third kappa shape index (κ3) is 2.12. The van der Waals surface area contributed by atoms with E-state index in [1.807, 2.05) is 12.1 Å². The second-order valence-corrected chi connectivity index (χ2v) is 2.89. The number of anilines is 1. The number of pyridine rings is 1. The van der Waals surface area contributed by atoms with Crippen molar-refractivity contribution in [2.45, 2.75) is 0 Å². The van der Waals surface area contributed by atoms with Crippen molar-refractivity contribution >= 4 is 5.82 Å². The Hall–Kier alpha value is -1.92. The number of rotatable bonds is 4. The Balaban J connectivity index is 2.25. The fourth-order valence-corrected chi connectivity index (χ4v) is 1.26. The van der Waals surface area contributed by atoms with Gasteiger partial charge in [-0.15, -0.1) is 0 Å². The molecule has 4 N–H and O–H groups in total. The van der Waals surface area contributed by atoms with Crippen LogP contribution in [0.5, 0.6) is 0 Å². The zero-order valence-corrected chi connectivity index (χ0v) is 8.28. The highest BCUT2D eigenvalue weighted by Gasteiger charge is 2.05. The summed E-state index contributed by atoms with van der Waals surface area (Å²) in [7, 11) is 1.77. The lowest BCUT2D eigenvalue weighted by molar-refractivity contribution is 0.674. The van der Waals surface area contributed by atoms with Crippen molar-refractivity contribution in [2.75, 3.05) is 12.5 Å². The van der Waals surface area contributed by atoms with Crippen LogP contribution in [-0.2, 0) is 0 Å². The maximum Gasteiger partial charge on any atom is 0.144 e. The van der Waals surface area contributed by atoms with Gasteiger partial charge in [-0.1, -0.05) is 0 Å². The molecule has 2 heterocycles. The lowest BCUT2D eigenvalue weighted by atomic mass is 10.1. The second kappa shape index (κ2) is 4.54. The Bertz CT molecular complexity index is 410. The van der Waals surface area contributed by atoms with Gasteiger partial charge in [0.25, 0.3) is 0 Å². The largest absolute Gasteiger partial charge is 0.292 e. The lowest BCUT2D eigenvalue weighted by Gasteiger charge is -2.06. The maximum atomic E-state index is 3.98. The van der Waals surface area contributed by atoms with E-state index in [0.717, 1.165) is 16.9 Å². The van der Waals surface area contributed by atoms with Crippen LogP contribution in [0.1, 0.15) is 0 Å². The highest BCUT2D eigenvalue weighted by molar-refractivity contribution is 5.73. The molecule has 0 aliphatic heterocycles. The summed E-state index contributed by atoms with van der Waals surface area (Å²) in [5.74, 6) is 0.801. The summed E-state index contributed by atoms with van der Waals surface area (Å²) in [6.45, 7) is 0. The Morgan fingerprint density at radius 2 is 2.07 bits per heavy atom. The van der Waals surface area contributed by atoms with Gasteiger partial charge >= 0.3 is 0 Å². The van der Waals surface area contributed by atoms with Crippen molar-refractivity contribution in [3.8, 4) is 11.1 Å². The minimum atomic E-state index is 0.801. The topological polar surface area (TPSA) is 77.7 Å². The molecule has 0 saturated heterocycles. The SMILES string of the molecule is CNNNc1[nH]ncc1-c1ccncc1. The zero-order valence-electron chi connectivity index (χ0n) is 8.28. The first-order chi connectivity index (χ1) is 7.42. The molecule has 0 aliphatic carbocycles. The van der Waals surface area contributed by atoms with Crippen molar-refractivity contribution in [3.05, 3.63) is 30.7 Å². The minimum absolute atomic E-state index is 0.801. The van der Waals surface area contributed by atoms with Crippen LogP contribution >= 0.6 is 0 Å². The Morgan fingerprint density at radius 1 is 1.27 bits per heavy atom. The van der Waals surface area contributed by atoms with Crippen LogP contribution in [-0.4, -0.2) is 22.2 Å². The summed E-state index contributed by atoms with van der Waals surface area (Å²) in [5.41, 5.74) is 10.5. The Kier molecular flexibility index (Phi) is 2.91. The van der Waals surface area contributed by atoms with Gasteiger partial charge < -0.3 is 0 Å². The fourth-order valence-electron chi connectivity index (χ4n) is 1.26. The zero-order chi connectivity index (χ0) is 10.5. The number of H-pyrrole nitrogens is 1. The first-order valence-electron chi connectivity index (χ1n) is 4.53. The van der Waals surface area contributed by atoms with E-state index < -0.39 is 0 Å². The van der Waals surface area contributed by atoms with Gasteiger partial charge in [-0.2, -0.15) is 10.6 Å². The molecule has 0 unspecified atom stereocenters. The third-order valence-corrected chi connectivity index (χ3v) is 1.94. The van der Waals surface area contributed by atoms with Crippen LogP contribution in [0, 0.1) is 0 Å². The molecule has 0 saturated carbocycles. The van der Waals surface area contributed by atoms with E-state index >= 15 is 0 Å². The molecule has 0 spiro atoms. The van der Waals surface area contributed by atoms with Gasteiger partial charge in [0, 0.05) is 25.0 Å². The molecule has 2 aromatic rings.